The van der Waals surface area contributed by atoms with Crippen LogP contribution in [0.25, 0.3) is 0 Å². The fourth-order valence-electron chi connectivity index (χ4n) is 2.59. The van der Waals surface area contributed by atoms with E-state index in [1.54, 1.807) is 0 Å². The van der Waals surface area contributed by atoms with Gasteiger partial charge in [-0.1, -0.05) is 0 Å². The maximum atomic E-state index is 4.62. The lowest BCUT2D eigenvalue weighted by Gasteiger charge is -2.35. The van der Waals surface area contributed by atoms with Crippen LogP contribution in [0, 0.1) is 0 Å². The first kappa shape index (κ1) is 16.2. The highest BCUT2D eigenvalue weighted by Crippen LogP contribution is 2.18. The molecule has 1 aliphatic rings. The Hall–Kier alpha value is -2.64. The molecule has 1 fully saturated rings. The molecule has 0 spiro atoms. The van der Waals surface area contributed by atoms with E-state index in [9.17, 15) is 0 Å². The Kier molecular flexibility index (Phi) is 4.64. The lowest BCUT2D eigenvalue weighted by atomic mass is 10.3. The Labute approximate surface area is 142 Å². The monoisotopic (exact) mass is 328 g/mol. The Morgan fingerprint density at radius 1 is 0.708 bits per heavy atom. The highest BCUT2D eigenvalue weighted by atomic mass is 15.4. The predicted octanol–water partition coefficient (Wildman–Crippen LogP) is 0.725. The normalized spacial score (nSPS) is 14.7. The van der Waals surface area contributed by atoms with Gasteiger partial charge in [0, 0.05) is 66.8 Å². The van der Waals surface area contributed by atoms with E-state index < -0.39 is 0 Å². The van der Waals surface area contributed by atoms with Gasteiger partial charge in [0.15, 0.2) is 0 Å². The summed E-state index contributed by atoms with van der Waals surface area (Å²) in [5.74, 6) is 3.40. The molecule has 0 saturated carbocycles. The molecule has 0 aliphatic carbocycles. The van der Waals surface area contributed by atoms with E-state index in [0.717, 1.165) is 49.7 Å². The van der Waals surface area contributed by atoms with Crippen molar-refractivity contribution in [3.8, 4) is 0 Å². The number of nitrogens with zero attached hydrogens (tertiary/aromatic N) is 8. The van der Waals surface area contributed by atoms with Gasteiger partial charge in [0.2, 0.25) is 11.9 Å². The first-order valence-electron chi connectivity index (χ1n) is 8.05. The molecule has 1 saturated heterocycles. The topological polar surface area (TPSA) is 64.5 Å². The third-order valence-electron chi connectivity index (χ3n) is 4.02. The smallest absolute Gasteiger partial charge is 0.227 e. The van der Waals surface area contributed by atoms with Crippen molar-refractivity contribution in [2.24, 2.45) is 0 Å². The standard InChI is InChI=1S/C16H24N8/c1-21(2)13-5-7-17-15(19-13)23-9-11-24(12-10-23)16-18-8-6-14(20-16)22(3)4/h5-8H,9-12H2,1-4H3. The minimum atomic E-state index is 0.781. The van der Waals surface area contributed by atoms with E-state index in [0.29, 0.717) is 0 Å². The molecule has 24 heavy (non-hydrogen) atoms. The second-order valence-electron chi connectivity index (χ2n) is 6.19. The maximum Gasteiger partial charge on any atom is 0.227 e. The van der Waals surface area contributed by atoms with Crippen molar-refractivity contribution >= 4 is 23.5 Å². The summed E-state index contributed by atoms with van der Waals surface area (Å²) in [6, 6.07) is 3.83. The zero-order valence-electron chi connectivity index (χ0n) is 14.7. The van der Waals surface area contributed by atoms with Gasteiger partial charge in [0.25, 0.3) is 0 Å². The van der Waals surface area contributed by atoms with Gasteiger partial charge >= 0.3 is 0 Å². The fourth-order valence-corrected chi connectivity index (χ4v) is 2.59. The third-order valence-corrected chi connectivity index (χ3v) is 4.02. The molecule has 0 aromatic carbocycles. The second kappa shape index (κ2) is 6.86. The van der Waals surface area contributed by atoms with E-state index in [-0.39, 0.29) is 0 Å². The van der Waals surface area contributed by atoms with Gasteiger partial charge in [0.05, 0.1) is 0 Å². The van der Waals surface area contributed by atoms with Gasteiger partial charge in [0.1, 0.15) is 11.6 Å². The van der Waals surface area contributed by atoms with Crippen molar-refractivity contribution < 1.29 is 0 Å². The summed E-state index contributed by atoms with van der Waals surface area (Å²) in [5, 5.41) is 0. The van der Waals surface area contributed by atoms with Crippen LogP contribution in [0.3, 0.4) is 0 Å². The second-order valence-corrected chi connectivity index (χ2v) is 6.19. The Morgan fingerprint density at radius 3 is 1.42 bits per heavy atom. The average molecular weight is 328 g/mol. The van der Waals surface area contributed by atoms with Crippen LogP contribution >= 0.6 is 0 Å². The summed E-state index contributed by atoms with van der Waals surface area (Å²) < 4.78 is 0. The highest BCUT2D eigenvalue weighted by molar-refractivity contribution is 5.46. The molecular formula is C16H24N8. The van der Waals surface area contributed by atoms with Crippen LogP contribution in [0.5, 0.6) is 0 Å². The largest absolute Gasteiger partial charge is 0.363 e. The van der Waals surface area contributed by atoms with E-state index in [1.165, 1.54) is 0 Å². The van der Waals surface area contributed by atoms with Gasteiger partial charge in [-0.05, 0) is 12.1 Å². The van der Waals surface area contributed by atoms with Crippen molar-refractivity contribution in [1.29, 1.82) is 0 Å². The van der Waals surface area contributed by atoms with Crippen LogP contribution in [-0.2, 0) is 0 Å². The predicted molar refractivity (Wildman–Crippen MR) is 97.1 cm³/mol. The molecule has 0 bridgehead atoms. The number of piperazine rings is 1. The van der Waals surface area contributed by atoms with Crippen molar-refractivity contribution in [3.05, 3.63) is 24.5 Å². The first-order chi connectivity index (χ1) is 11.5. The van der Waals surface area contributed by atoms with Crippen molar-refractivity contribution in [3.63, 3.8) is 0 Å². The number of aromatic nitrogens is 4. The van der Waals surface area contributed by atoms with Gasteiger partial charge < -0.3 is 19.6 Å². The van der Waals surface area contributed by atoms with Gasteiger partial charge in [-0.3, -0.25) is 0 Å². The fraction of sp³-hybridized carbons (Fsp3) is 0.500. The van der Waals surface area contributed by atoms with Crippen LogP contribution < -0.4 is 19.6 Å². The molecule has 0 atom stereocenters. The Balaban J connectivity index is 1.68. The maximum absolute atomic E-state index is 4.62. The lowest BCUT2D eigenvalue weighted by molar-refractivity contribution is 0.627. The number of anilines is 4. The molecule has 0 amide bonds. The number of rotatable bonds is 4. The quantitative estimate of drug-likeness (QED) is 0.814. The molecule has 2 aromatic rings. The third kappa shape index (κ3) is 3.47. The Bertz CT molecular complexity index is 620. The molecule has 128 valence electrons. The van der Waals surface area contributed by atoms with Gasteiger partial charge in [-0.2, -0.15) is 9.97 Å². The SMILES string of the molecule is CN(C)c1ccnc(N2CCN(c3nccc(N(C)C)n3)CC2)n1. The van der Waals surface area contributed by atoms with Crippen molar-refractivity contribution in [1.82, 2.24) is 19.9 Å². The van der Waals surface area contributed by atoms with E-state index in [2.05, 4.69) is 29.7 Å². The van der Waals surface area contributed by atoms with Crippen LogP contribution in [0.1, 0.15) is 0 Å². The minimum Gasteiger partial charge on any atom is -0.363 e. The molecule has 0 N–H and O–H groups in total. The Morgan fingerprint density at radius 2 is 1.08 bits per heavy atom. The summed E-state index contributed by atoms with van der Waals surface area (Å²) >= 11 is 0. The molecule has 1 aliphatic heterocycles. The molecule has 8 heteroatoms. The van der Waals surface area contributed by atoms with Gasteiger partial charge in [-0.15, -0.1) is 0 Å². The average Bonchev–Trinajstić information content (AvgIpc) is 2.62. The lowest BCUT2D eigenvalue weighted by Crippen LogP contribution is -2.47. The zero-order chi connectivity index (χ0) is 17.1. The molecule has 8 nitrogen and oxygen atoms in total. The summed E-state index contributed by atoms with van der Waals surface area (Å²) in [6.07, 6.45) is 3.63. The molecule has 2 aromatic heterocycles. The summed E-state index contributed by atoms with van der Waals surface area (Å²) in [6.45, 7) is 3.41. The van der Waals surface area contributed by atoms with Crippen LogP contribution in [0.2, 0.25) is 0 Å². The van der Waals surface area contributed by atoms with Crippen LogP contribution in [0.4, 0.5) is 23.5 Å². The zero-order valence-corrected chi connectivity index (χ0v) is 14.7. The van der Waals surface area contributed by atoms with E-state index >= 15 is 0 Å². The summed E-state index contributed by atoms with van der Waals surface area (Å²) in [7, 11) is 7.94. The highest BCUT2D eigenvalue weighted by Gasteiger charge is 2.21. The van der Waals surface area contributed by atoms with Crippen LogP contribution in [0.15, 0.2) is 24.5 Å². The summed E-state index contributed by atoms with van der Waals surface area (Å²) in [4.78, 5) is 26.4. The minimum absolute atomic E-state index is 0.781. The summed E-state index contributed by atoms with van der Waals surface area (Å²) in [5.41, 5.74) is 0. The number of hydrogen-bond acceptors (Lipinski definition) is 8. The molecule has 0 radical (unpaired) electrons. The molecule has 3 heterocycles. The number of hydrogen-bond donors (Lipinski definition) is 0. The van der Waals surface area contributed by atoms with E-state index in [1.807, 2.05) is 62.5 Å². The van der Waals surface area contributed by atoms with Crippen molar-refractivity contribution in [2.75, 3.05) is 74.0 Å². The van der Waals surface area contributed by atoms with E-state index in [4.69, 9.17) is 0 Å². The van der Waals surface area contributed by atoms with Crippen molar-refractivity contribution in [2.45, 2.75) is 0 Å². The first-order valence-corrected chi connectivity index (χ1v) is 8.05. The molecule has 0 unspecified atom stereocenters. The molecular weight excluding hydrogens is 304 g/mol. The molecule has 3 rings (SSSR count). The van der Waals surface area contributed by atoms with Crippen LogP contribution in [-0.4, -0.2) is 74.3 Å². The van der Waals surface area contributed by atoms with Gasteiger partial charge in [-0.25, -0.2) is 9.97 Å².